The molecule has 0 amide bonds. The molecule has 18 heavy (non-hydrogen) atoms. The van der Waals surface area contributed by atoms with Crippen molar-refractivity contribution >= 4 is 15.9 Å². The van der Waals surface area contributed by atoms with E-state index < -0.39 is 0 Å². The normalized spacial score (nSPS) is 10.6. The van der Waals surface area contributed by atoms with Crippen LogP contribution in [0.5, 0.6) is 0 Å². The van der Waals surface area contributed by atoms with Crippen LogP contribution < -0.4 is 5.32 Å². The first-order valence-corrected chi connectivity index (χ1v) is 6.51. The number of nitrogens with one attached hydrogen (secondary N) is 1. The van der Waals surface area contributed by atoms with Gasteiger partial charge in [-0.25, -0.2) is 4.39 Å². The number of aromatic nitrogens is 1. The lowest BCUT2D eigenvalue weighted by Crippen LogP contribution is -2.14. The lowest BCUT2D eigenvalue weighted by molar-refractivity contribution is 0.613. The van der Waals surface area contributed by atoms with Gasteiger partial charge in [0, 0.05) is 19.3 Å². The highest BCUT2D eigenvalue weighted by Crippen LogP contribution is 2.16. The molecule has 1 aromatic carbocycles. The zero-order chi connectivity index (χ0) is 13.0. The number of benzene rings is 1. The molecule has 1 aromatic heterocycles. The van der Waals surface area contributed by atoms with Gasteiger partial charge in [0.2, 0.25) is 0 Å². The van der Waals surface area contributed by atoms with E-state index in [1.165, 1.54) is 6.07 Å². The Labute approximate surface area is 114 Å². The maximum Gasteiger partial charge on any atom is 0.137 e. The van der Waals surface area contributed by atoms with E-state index in [0.717, 1.165) is 16.8 Å². The van der Waals surface area contributed by atoms with Crippen LogP contribution in [0.25, 0.3) is 0 Å². The Morgan fingerprint density at radius 3 is 2.83 bits per heavy atom. The van der Waals surface area contributed by atoms with E-state index in [4.69, 9.17) is 0 Å². The Morgan fingerprint density at radius 1 is 1.28 bits per heavy atom. The van der Waals surface area contributed by atoms with Crippen molar-refractivity contribution in [1.29, 1.82) is 0 Å². The predicted molar refractivity (Wildman–Crippen MR) is 73.6 cm³/mol. The fraction of sp³-hybridized carbons (Fsp3) is 0.214. The van der Waals surface area contributed by atoms with Gasteiger partial charge in [0.15, 0.2) is 0 Å². The first-order chi connectivity index (χ1) is 8.66. The third kappa shape index (κ3) is 3.37. The highest BCUT2D eigenvalue weighted by atomic mass is 79.9. The molecule has 0 aliphatic heterocycles. The van der Waals surface area contributed by atoms with Crippen LogP contribution >= 0.6 is 15.9 Å². The van der Waals surface area contributed by atoms with E-state index in [1.54, 1.807) is 12.3 Å². The van der Waals surface area contributed by atoms with Crippen molar-refractivity contribution in [3.63, 3.8) is 0 Å². The zero-order valence-electron chi connectivity index (χ0n) is 10.1. The molecule has 94 valence electrons. The van der Waals surface area contributed by atoms with Gasteiger partial charge in [0.05, 0.1) is 10.2 Å². The average Bonchev–Trinajstić information content (AvgIpc) is 2.36. The van der Waals surface area contributed by atoms with Crippen molar-refractivity contribution in [2.24, 2.45) is 0 Å². The van der Waals surface area contributed by atoms with Gasteiger partial charge in [-0.1, -0.05) is 12.1 Å². The Morgan fingerprint density at radius 2 is 2.11 bits per heavy atom. The molecular weight excluding hydrogens is 295 g/mol. The number of aryl methyl sites for hydroxylation is 1. The summed E-state index contributed by atoms with van der Waals surface area (Å²) in [6, 6.07) is 9.10. The van der Waals surface area contributed by atoms with Crippen molar-refractivity contribution < 1.29 is 4.39 Å². The van der Waals surface area contributed by atoms with Crippen LogP contribution in [0, 0.1) is 12.7 Å². The fourth-order valence-corrected chi connectivity index (χ4v) is 1.92. The van der Waals surface area contributed by atoms with Gasteiger partial charge in [0.25, 0.3) is 0 Å². The molecule has 1 N–H and O–H groups in total. The van der Waals surface area contributed by atoms with Crippen molar-refractivity contribution in [1.82, 2.24) is 10.3 Å². The van der Waals surface area contributed by atoms with E-state index in [1.807, 2.05) is 25.1 Å². The van der Waals surface area contributed by atoms with E-state index in [9.17, 15) is 4.39 Å². The summed E-state index contributed by atoms with van der Waals surface area (Å²) in [5.41, 5.74) is 3.10. The molecule has 1 heterocycles. The van der Waals surface area contributed by atoms with E-state index >= 15 is 0 Å². The van der Waals surface area contributed by atoms with Crippen LogP contribution in [-0.2, 0) is 13.1 Å². The topological polar surface area (TPSA) is 24.9 Å². The third-order valence-corrected chi connectivity index (χ3v) is 3.37. The van der Waals surface area contributed by atoms with Gasteiger partial charge in [-0.15, -0.1) is 0 Å². The van der Waals surface area contributed by atoms with E-state index in [2.05, 4.69) is 26.2 Å². The Hall–Kier alpha value is -1.26. The molecule has 0 atom stereocenters. The summed E-state index contributed by atoms with van der Waals surface area (Å²) in [6.45, 7) is 3.34. The second kappa shape index (κ2) is 6.07. The molecule has 0 radical (unpaired) electrons. The monoisotopic (exact) mass is 308 g/mol. The molecule has 0 aliphatic carbocycles. The summed E-state index contributed by atoms with van der Waals surface area (Å²) >= 11 is 3.14. The molecule has 2 nitrogen and oxygen atoms in total. The molecular formula is C14H14BrFN2. The number of rotatable bonds is 4. The maximum atomic E-state index is 13.3. The van der Waals surface area contributed by atoms with Crippen LogP contribution in [0.15, 0.2) is 41.0 Å². The third-order valence-electron chi connectivity index (χ3n) is 2.72. The van der Waals surface area contributed by atoms with Gasteiger partial charge >= 0.3 is 0 Å². The first-order valence-electron chi connectivity index (χ1n) is 5.72. The molecule has 0 saturated carbocycles. The molecule has 4 heteroatoms. The molecule has 2 aromatic rings. The Kier molecular flexibility index (Phi) is 4.44. The van der Waals surface area contributed by atoms with Crippen molar-refractivity contribution in [2.75, 3.05) is 0 Å². The number of pyridine rings is 1. The summed E-state index contributed by atoms with van der Waals surface area (Å²) < 4.78 is 13.8. The van der Waals surface area contributed by atoms with Gasteiger partial charge in [-0.05, 0) is 52.2 Å². The largest absolute Gasteiger partial charge is 0.307 e. The van der Waals surface area contributed by atoms with Crippen LogP contribution in [0.2, 0.25) is 0 Å². The number of hydrogen-bond donors (Lipinski definition) is 1. The lowest BCUT2D eigenvalue weighted by atomic mass is 10.2. The second-order valence-corrected chi connectivity index (χ2v) is 4.97. The summed E-state index contributed by atoms with van der Waals surface area (Å²) in [6.07, 6.45) is 1.78. The first kappa shape index (κ1) is 13.2. The van der Waals surface area contributed by atoms with E-state index in [-0.39, 0.29) is 5.82 Å². The molecule has 0 bridgehead atoms. The van der Waals surface area contributed by atoms with Crippen molar-refractivity contribution in [3.8, 4) is 0 Å². The minimum atomic E-state index is -0.233. The highest BCUT2D eigenvalue weighted by molar-refractivity contribution is 9.10. The van der Waals surface area contributed by atoms with Crippen molar-refractivity contribution in [2.45, 2.75) is 20.0 Å². The standard InChI is InChI=1S/C14H14BrFN2/c1-10-3-2-6-18-14(10)9-17-8-11-4-5-12(15)13(16)7-11/h2-7,17H,8-9H2,1H3. The van der Waals surface area contributed by atoms with Gasteiger partial charge < -0.3 is 5.32 Å². The van der Waals surface area contributed by atoms with Gasteiger partial charge in [0.1, 0.15) is 5.82 Å². The molecule has 2 rings (SSSR count). The number of nitrogens with zero attached hydrogens (tertiary/aromatic N) is 1. The Bertz CT molecular complexity index is 543. The molecule has 0 fully saturated rings. The summed E-state index contributed by atoms with van der Waals surface area (Å²) in [5, 5.41) is 3.26. The molecule has 0 aliphatic rings. The minimum absolute atomic E-state index is 0.233. The minimum Gasteiger partial charge on any atom is -0.307 e. The fourth-order valence-electron chi connectivity index (χ4n) is 1.68. The molecule has 0 spiro atoms. The molecule has 0 saturated heterocycles. The summed E-state index contributed by atoms with van der Waals surface area (Å²) in [5.74, 6) is -0.233. The summed E-state index contributed by atoms with van der Waals surface area (Å²) in [7, 11) is 0. The van der Waals surface area contributed by atoms with Crippen molar-refractivity contribution in [3.05, 3.63) is 63.6 Å². The van der Waals surface area contributed by atoms with Gasteiger partial charge in [-0.2, -0.15) is 0 Å². The number of halogens is 2. The average molecular weight is 309 g/mol. The quantitative estimate of drug-likeness (QED) is 0.934. The van der Waals surface area contributed by atoms with Crippen LogP contribution in [-0.4, -0.2) is 4.98 Å². The van der Waals surface area contributed by atoms with Gasteiger partial charge in [-0.3, -0.25) is 4.98 Å². The number of hydrogen-bond acceptors (Lipinski definition) is 2. The highest BCUT2D eigenvalue weighted by Gasteiger charge is 2.01. The van der Waals surface area contributed by atoms with E-state index in [0.29, 0.717) is 17.6 Å². The maximum absolute atomic E-state index is 13.3. The summed E-state index contributed by atoms with van der Waals surface area (Å²) in [4.78, 5) is 4.30. The smallest absolute Gasteiger partial charge is 0.137 e. The second-order valence-electron chi connectivity index (χ2n) is 4.12. The lowest BCUT2D eigenvalue weighted by Gasteiger charge is -2.07. The zero-order valence-corrected chi connectivity index (χ0v) is 11.7. The predicted octanol–water partition coefficient (Wildman–Crippen LogP) is 3.58. The van der Waals surface area contributed by atoms with Crippen LogP contribution in [0.1, 0.15) is 16.8 Å². The molecule has 0 unspecified atom stereocenters. The van der Waals surface area contributed by atoms with Crippen LogP contribution in [0.3, 0.4) is 0 Å². The Balaban J connectivity index is 1.92. The SMILES string of the molecule is Cc1cccnc1CNCc1ccc(Br)c(F)c1. The van der Waals surface area contributed by atoms with Crippen LogP contribution in [0.4, 0.5) is 4.39 Å².